The molecule has 12 heavy (non-hydrogen) atoms. The lowest BCUT2D eigenvalue weighted by Crippen LogP contribution is -2.03. The van der Waals surface area contributed by atoms with Crippen LogP contribution < -0.4 is 5.73 Å². The van der Waals surface area contributed by atoms with E-state index in [9.17, 15) is 4.79 Å². The Morgan fingerprint density at radius 3 is 2.58 bits per heavy atom. The second-order valence-electron chi connectivity index (χ2n) is 2.86. The van der Waals surface area contributed by atoms with Crippen molar-refractivity contribution >= 4 is 5.97 Å². The molecule has 4 heteroatoms. The number of aryl methyl sites for hydroxylation is 1. The summed E-state index contributed by atoms with van der Waals surface area (Å²) in [5, 5.41) is 8.70. The lowest BCUT2D eigenvalue weighted by Gasteiger charge is -1.97. The Bertz CT molecular complexity index is 302. The molecule has 0 amide bonds. The smallest absolute Gasteiger partial charge is 0.352 e. The normalized spacial score (nSPS) is 12.9. The van der Waals surface area contributed by atoms with Crippen LogP contribution in [0.1, 0.15) is 29.0 Å². The molecule has 0 aromatic carbocycles. The van der Waals surface area contributed by atoms with Crippen LogP contribution in [0.15, 0.2) is 12.3 Å². The summed E-state index contributed by atoms with van der Waals surface area (Å²) in [4.78, 5) is 10.6. The van der Waals surface area contributed by atoms with Crippen LogP contribution in [0.3, 0.4) is 0 Å². The standard InChI is InChI=1S/C8H12N2O2/c1-5(9)6-3-7(8(11)12)10(2)4-6/h3-5H,9H2,1-2H3,(H,11,12)/t5-/m1/s1. The van der Waals surface area contributed by atoms with Crippen LogP contribution in [0.5, 0.6) is 0 Å². The lowest BCUT2D eigenvalue weighted by atomic mass is 10.2. The Labute approximate surface area is 70.6 Å². The summed E-state index contributed by atoms with van der Waals surface area (Å²) in [6, 6.07) is 1.47. The van der Waals surface area contributed by atoms with Crippen LogP contribution in [-0.4, -0.2) is 15.6 Å². The third-order valence-corrected chi connectivity index (χ3v) is 1.77. The Morgan fingerprint density at radius 1 is 1.75 bits per heavy atom. The van der Waals surface area contributed by atoms with Gasteiger partial charge >= 0.3 is 5.97 Å². The van der Waals surface area contributed by atoms with E-state index >= 15 is 0 Å². The molecule has 1 atom stereocenters. The molecule has 1 rings (SSSR count). The van der Waals surface area contributed by atoms with E-state index in [0.717, 1.165) is 5.56 Å². The maximum absolute atomic E-state index is 10.6. The summed E-state index contributed by atoms with van der Waals surface area (Å²) in [5.41, 5.74) is 6.70. The van der Waals surface area contributed by atoms with E-state index in [-0.39, 0.29) is 11.7 Å². The number of carboxylic acid groups (broad SMARTS) is 1. The van der Waals surface area contributed by atoms with Gasteiger partial charge in [0.15, 0.2) is 0 Å². The zero-order chi connectivity index (χ0) is 9.30. The predicted molar refractivity (Wildman–Crippen MR) is 45.0 cm³/mol. The first kappa shape index (κ1) is 8.80. The van der Waals surface area contributed by atoms with Crippen molar-refractivity contribution in [2.45, 2.75) is 13.0 Å². The number of hydrogen-bond donors (Lipinski definition) is 2. The number of rotatable bonds is 2. The molecule has 0 aliphatic rings. The fraction of sp³-hybridized carbons (Fsp3) is 0.375. The highest BCUT2D eigenvalue weighted by Crippen LogP contribution is 2.13. The summed E-state index contributed by atoms with van der Waals surface area (Å²) < 4.78 is 1.56. The third kappa shape index (κ3) is 1.48. The minimum absolute atomic E-state index is 0.121. The zero-order valence-corrected chi connectivity index (χ0v) is 7.11. The van der Waals surface area contributed by atoms with Crippen LogP contribution in [0.2, 0.25) is 0 Å². The monoisotopic (exact) mass is 168 g/mol. The van der Waals surface area contributed by atoms with Gasteiger partial charge in [-0.05, 0) is 18.6 Å². The van der Waals surface area contributed by atoms with Gasteiger partial charge < -0.3 is 15.4 Å². The van der Waals surface area contributed by atoms with Gasteiger partial charge in [-0.1, -0.05) is 0 Å². The van der Waals surface area contributed by atoms with Crippen molar-refractivity contribution in [2.24, 2.45) is 12.8 Å². The first-order chi connectivity index (χ1) is 5.52. The van der Waals surface area contributed by atoms with Crippen LogP contribution in [0, 0.1) is 0 Å². The number of carbonyl (C=O) groups is 1. The second kappa shape index (κ2) is 2.98. The fourth-order valence-electron chi connectivity index (χ4n) is 1.05. The number of carboxylic acids is 1. The Hall–Kier alpha value is -1.29. The predicted octanol–water partition coefficient (Wildman–Crippen LogP) is 0.743. The van der Waals surface area contributed by atoms with Crippen LogP contribution in [0.4, 0.5) is 0 Å². The minimum atomic E-state index is -0.926. The first-order valence-electron chi connectivity index (χ1n) is 3.67. The van der Waals surface area contributed by atoms with E-state index in [2.05, 4.69) is 0 Å². The summed E-state index contributed by atoms with van der Waals surface area (Å²) in [7, 11) is 1.69. The molecule has 0 aliphatic heterocycles. The highest BCUT2D eigenvalue weighted by atomic mass is 16.4. The van der Waals surface area contributed by atoms with Gasteiger partial charge in [0.2, 0.25) is 0 Å². The van der Waals surface area contributed by atoms with E-state index in [1.807, 2.05) is 6.92 Å². The van der Waals surface area contributed by atoms with Crippen LogP contribution >= 0.6 is 0 Å². The summed E-state index contributed by atoms with van der Waals surface area (Å²) in [6.45, 7) is 1.82. The van der Waals surface area contributed by atoms with Crippen molar-refractivity contribution in [1.82, 2.24) is 4.57 Å². The van der Waals surface area contributed by atoms with Gasteiger partial charge in [-0.2, -0.15) is 0 Å². The molecule has 66 valence electrons. The molecule has 0 spiro atoms. The third-order valence-electron chi connectivity index (χ3n) is 1.77. The maximum Gasteiger partial charge on any atom is 0.352 e. The topological polar surface area (TPSA) is 68.2 Å². The van der Waals surface area contributed by atoms with Crippen molar-refractivity contribution < 1.29 is 9.90 Å². The first-order valence-corrected chi connectivity index (χ1v) is 3.67. The van der Waals surface area contributed by atoms with Crippen molar-refractivity contribution in [3.63, 3.8) is 0 Å². The Morgan fingerprint density at radius 2 is 2.33 bits per heavy atom. The van der Waals surface area contributed by atoms with Crippen LogP contribution in [-0.2, 0) is 7.05 Å². The molecule has 0 radical (unpaired) electrons. The molecule has 1 aromatic heterocycles. The number of aromatic nitrogens is 1. The zero-order valence-electron chi connectivity index (χ0n) is 7.11. The summed E-state index contributed by atoms with van der Waals surface area (Å²) >= 11 is 0. The van der Waals surface area contributed by atoms with Gasteiger partial charge in [0, 0.05) is 19.3 Å². The highest BCUT2D eigenvalue weighted by molar-refractivity contribution is 5.86. The van der Waals surface area contributed by atoms with E-state index < -0.39 is 5.97 Å². The van der Waals surface area contributed by atoms with Gasteiger partial charge in [0.1, 0.15) is 5.69 Å². The lowest BCUT2D eigenvalue weighted by molar-refractivity contribution is 0.0686. The van der Waals surface area contributed by atoms with Gasteiger partial charge in [-0.3, -0.25) is 0 Å². The molecule has 0 saturated heterocycles. The molecule has 0 saturated carbocycles. The quantitative estimate of drug-likeness (QED) is 0.684. The van der Waals surface area contributed by atoms with Crippen molar-refractivity contribution in [3.05, 3.63) is 23.5 Å². The number of nitrogens with two attached hydrogens (primary N) is 1. The molecule has 0 bridgehead atoms. The largest absolute Gasteiger partial charge is 0.477 e. The molecule has 1 aromatic rings. The van der Waals surface area contributed by atoms with Gasteiger partial charge in [0.25, 0.3) is 0 Å². The van der Waals surface area contributed by atoms with Crippen molar-refractivity contribution in [3.8, 4) is 0 Å². The molecule has 3 N–H and O–H groups in total. The second-order valence-corrected chi connectivity index (χ2v) is 2.86. The molecule has 0 fully saturated rings. The molecular formula is C8H12N2O2. The average molecular weight is 168 g/mol. The highest BCUT2D eigenvalue weighted by Gasteiger charge is 2.11. The van der Waals surface area contributed by atoms with E-state index in [4.69, 9.17) is 10.8 Å². The molecule has 0 unspecified atom stereocenters. The van der Waals surface area contributed by atoms with Crippen molar-refractivity contribution in [2.75, 3.05) is 0 Å². The van der Waals surface area contributed by atoms with E-state index in [1.54, 1.807) is 23.9 Å². The van der Waals surface area contributed by atoms with E-state index in [0.29, 0.717) is 0 Å². The molecular weight excluding hydrogens is 156 g/mol. The number of hydrogen-bond acceptors (Lipinski definition) is 2. The van der Waals surface area contributed by atoms with Gasteiger partial charge in [-0.15, -0.1) is 0 Å². The molecule has 4 nitrogen and oxygen atoms in total. The average Bonchev–Trinajstić information content (AvgIpc) is 2.30. The maximum atomic E-state index is 10.6. The van der Waals surface area contributed by atoms with Gasteiger partial charge in [0.05, 0.1) is 0 Å². The Balaban J connectivity index is 3.09. The van der Waals surface area contributed by atoms with Crippen molar-refractivity contribution in [1.29, 1.82) is 0 Å². The van der Waals surface area contributed by atoms with E-state index in [1.165, 1.54) is 0 Å². The Kier molecular flexibility index (Phi) is 2.19. The molecule has 1 heterocycles. The SMILES string of the molecule is C[C@@H](N)c1cc(C(=O)O)n(C)c1. The fourth-order valence-corrected chi connectivity index (χ4v) is 1.05. The number of nitrogens with zero attached hydrogens (tertiary/aromatic N) is 1. The van der Waals surface area contributed by atoms with Crippen LogP contribution in [0.25, 0.3) is 0 Å². The minimum Gasteiger partial charge on any atom is -0.477 e. The molecule has 0 aliphatic carbocycles. The summed E-state index contributed by atoms with van der Waals surface area (Å²) in [6.07, 6.45) is 1.73. The van der Waals surface area contributed by atoms with Gasteiger partial charge in [-0.25, -0.2) is 4.79 Å². The number of aromatic carboxylic acids is 1. The summed E-state index contributed by atoms with van der Waals surface area (Å²) in [5.74, 6) is -0.926.